The summed E-state index contributed by atoms with van der Waals surface area (Å²) in [5.74, 6) is -0.222. The van der Waals surface area contributed by atoms with Crippen LogP contribution in [0.1, 0.15) is 25.8 Å². The van der Waals surface area contributed by atoms with Crippen LogP contribution in [-0.4, -0.2) is 6.54 Å². The van der Waals surface area contributed by atoms with E-state index < -0.39 is 0 Å². The van der Waals surface area contributed by atoms with E-state index in [1.807, 2.05) is 20.8 Å². The maximum atomic E-state index is 12.8. The van der Waals surface area contributed by atoms with Crippen LogP contribution in [0.3, 0.4) is 0 Å². The first-order valence-corrected chi connectivity index (χ1v) is 5.36. The van der Waals surface area contributed by atoms with Gasteiger partial charge >= 0.3 is 0 Å². The molecular formula is C13H17FN2. The van der Waals surface area contributed by atoms with Gasteiger partial charge in [0.05, 0.1) is 11.5 Å². The van der Waals surface area contributed by atoms with Crippen molar-refractivity contribution in [3.63, 3.8) is 0 Å². The minimum atomic E-state index is -0.319. The van der Waals surface area contributed by atoms with E-state index in [1.165, 1.54) is 12.1 Å². The minimum Gasteiger partial charge on any atom is -0.385 e. The number of aryl methyl sites for hydroxylation is 1. The van der Waals surface area contributed by atoms with Gasteiger partial charge in [0.25, 0.3) is 0 Å². The molecule has 0 bridgehead atoms. The molecule has 0 aliphatic rings. The second-order valence-corrected chi connectivity index (χ2v) is 4.63. The number of halogens is 1. The smallest absolute Gasteiger partial charge is 0.123 e. The van der Waals surface area contributed by atoms with Crippen molar-refractivity contribution in [1.29, 1.82) is 5.26 Å². The summed E-state index contributed by atoms with van der Waals surface area (Å²) in [5, 5.41) is 12.1. The van der Waals surface area contributed by atoms with E-state index in [2.05, 4.69) is 11.4 Å². The number of hydrogen-bond acceptors (Lipinski definition) is 2. The zero-order valence-electron chi connectivity index (χ0n) is 9.97. The van der Waals surface area contributed by atoms with E-state index in [9.17, 15) is 4.39 Å². The summed E-state index contributed by atoms with van der Waals surface area (Å²) in [4.78, 5) is 0. The summed E-state index contributed by atoms with van der Waals surface area (Å²) < 4.78 is 12.8. The number of nitrogens with one attached hydrogen (secondary N) is 1. The van der Waals surface area contributed by atoms with Gasteiger partial charge in [-0.3, -0.25) is 0 Å². The molecule has 0 unspecified atom stereocenters. The molecule has 0 saturated carbocycles. The number of hydrogen-bond donors (Lipinski definition) is 1. The van der Waals surface area contributed by atoms with E-state index in [1.54, 1.807) is 6.07 Å². The van der Waals surface area contributed by atoms with Crippen LogP contribution >= 0.6 is 0 Å². The fraction of sp³-hybridized carbons (Fsp3) is 0.462. The first-order valence-electron chi connectivity index (χ1n) is 5.36. The van der Waals surface area contributed by atoms with Gasteiger partial charge < -0.3 is 5.32 Å². The van der Waals surface area contributed by atoms with E-state index in [0.717, 1.165) is 17.7 Å². The van der Waals surface area contributed by atoms with Gasteiger partial charge in [-0.2, -0.15) is 5.26 Å². The van der Waals surface area contributed by atoms with Crippen molar-refractivity contribution >= 4 is 5.69 Å². The molecule has 0 fully saturated rings. The van der Waals surface area contributed by atoms with E-state index in [4.69, 9.17) is 5.26 Å². The van der Waals surface area contributed by atoms with Crippen molar-refractivity contribution in [2.75, 3.05) is 11.9 Å². The Balaban J connectivity index is 2.53. The maximum Gasteiger partial charge on any atom is 0.123 e. The van der Waals surface area contributed by atoms with Crippen LogP contribution in [-0.2, 0) is 0 Å². The van der Waals surface area contributed by atoms with Crippen molar-refractivity contribution in [3.8, 4) is 6.07 Å². The average molecular weight is 220 g/mol. The van der Waals surface area contributed by atoms with Crippen molar-refractivity contribution in [3.05, 3.63) is 29.6 Å². The van der Waals surface area contributed by atoms with Gasteiger partial charge in [-0.25, -0.2) is 4.39 Å². The summed E-state index contributed by atoms with van der Waals surface area (Å²) in [7, 11) is 0. The second kappa shape index (κ2) is 4.98. The fourth-order valence-electron chi connectivity index (χ4n) is 1.39. The summed E-state index contributed by atoms with van der Waals surface area (Å²) in [6.45, 7) is 6.40. The van der Waals surface area contributed by atoms with Gasteiger partial charge in [0, 0.05) is 12.2 Å². The normalized spacial score (nSPS) is 10.9. The molecule has 3 heteroatoms. The van der Waals surface area contributed by atoms with Gasteiger partial charge in [0.1, 0.15) is 5.82 Å². The topological polar surface area (TPSA) is 35.8 Å². The van der Waals surface area contributed by atoms with Gasteiger partial charge in [-0.05, 0) is 51.0 Å². The lowest BCUT2D eigenvalue weighted by molar-refractivity contribution is 0.466. The highest BCUT2D eigenvalue weighted by Gasteiger charge is 2.15. The Hall–Kier alpha value is -1.56. The standard InChI is InChI=1S/C13H17FN2/c1-10-8-11(14)4-5-12(10)16-7-6-13(2,3)9-15/h4-5,8,16H,6-7H2,1-3H3. The molecule has 1 N–H and O–H groups in total. The van der Waals surface area contributed by atoms with Gasteiger partial charge in [-0.1, -0.05) is 0 Å². The molecule has 0 atom stereocenters. The summed E-state index contributed by atoms with van der Waals surface area (Å²) in [5.41, 5.74) is 1.49. The van der Waals surface area contributed by atoms with Crippen LogP contribution in [0.2, 0.25) is 0 Å². The zero-order chi connectivity index (χ0) is 12.2. The molecule has 0 spiro atoms. The van der Waals surface area contributed by atoms with Crippen LogP contribution in [0.15, 0.2) is 18.2 Å². The molecule has 0 heterocycles. The van der Waals surface area contributed by atoms with E-state index >= 15 is 0 Å². The van der Waals surface area contributed by atoms with Crippen molar-refractivity contribution < 1.29 is 4.39 Å². The molecule has 1 aromatic carbocycles. The average Bonchev–Trinajstić information content (AvgIpc) is 2.21. The van der Waals surface area contributed by atoms with Crippen LogP contribution in [0.4, 0.5) is 10.1 Å². The molecule has 0 amide bonds. The lowest BCUT2D eigenvalue weighted by Gasteiger charge is -2.16. The summed E-state index contributed by atoms with van der Waals surface area (Å²) in [6.07, 6.45) is 0.764. The first-order chi connectivity index (χ1) is 7.44. The molecule has 0 saturated heterocycles. The molecule has 86 valence electrons. The molecule has 16 heavy (non-hydrogen) atoms. The predicted octanol–water partition coefficient (Wildman–Crippen LogP) is 3.49. The van der Waals surface area contributed by atoms with Crippen molar-refractivity contribution in [1.82, 2.24) is 0 Å². The number of nitriles is 1. The highest BCUT2D eigenvalue weighted by atomic mass is 19.1. The number of anilines is 1. The molecule has 1 aromatic rings. The molecule has 0 aliphatic heterocycles. The van der Waals surface area contributed by atoms with Crippen LogP contribution in [0.25, 0.3) is 0 Å². The number of rotatable bonds is 4. The highest BCUT2D eigenvalue weighted by molar-refractivity contribution is 5.50. The lowest BCUT2D eigenvalue weighted by atomic mass is 9.91. The maximum absolute atomic E-state index is 12.8. The molecular weight excluding hydrogens is 203 g/mol. The van der Waals surface area contributed by atoms with Crippen molar-refractivity contribution in [2.45, 2.75) is 27.2 Å². The zero-order valence-corrected chi connectivity index (χ0v) is 9.97. The third-order valence-electron chi connectivity index (χ3n) is 2.56. The Morgan fingerprint density at radius 1 is 1.44 bits per heavy atom. The Kier molecular flexibility index (Phi) is 3.89. The van der Waals surface area contributed by atoms with Crippen LogP contribution in [0.5, 0.6) is 0 Å². The Morgan fingerprint density at radius 3 is 2.69 bits per heavy atom. The number of nitrogens with zero attached hydrogens (tertiary/aromatic N) is 1. The fourth-order valence-corrected chi connectivity index (χ4v) is 1.39. The third-order valence-corrected chi connectivity index (χ3v) is 2.56. The van der Waals surface area contributed by atoms with E-state index in [0.29, 0.717) is 6.54 Å². The highest BCUT2D eigenvalue weighted by Crippen LogP contribution is 2.20. The third kappa shape index (κ3) is 3.54. The largest absolute Gasteiger partial charge is 0.385 e. The SMILES string of the molecule is Cc1cc(F)ccc1NCCC(C)(C)C#N. The Bertz CT molecular complexity index is 405. The molecule has 0 radical (unpaired) electrons. The molecule has 2 nitrogen and oxygen atoms in total. The summed E-state index contributed by atoms with van der Waals surface area (Å²) >= 11 is 0. The van der Waals surface area contributed by atoms with Gasteiger partial charge in [0.2, 0.25) is 0 Å². The van der Waals surface area contributed by atoms with Gasteiger partial charge in [-0.15, -0.1) is 0 Å². The molecule has 0 aromatic heterocycles. The predicted molar refractivity (Wildman–Crippen MR) is 63.6 cm³/mol. The molecule has 0 aliphatic carbocycles. The van der Waals surface area contributed by atoms with Crippen LogP contribution in [0, 0.1) is 29.5 Å². The Morgan fingerprint density at radius 2 is 2.12 bits per heavy atom. The first kappa shape index (κ1) is 12.5. The molecule has 1 rings (SSSR count). The monoisotopic (exact) mass is 220 g/mol. The van der Waals surface area contributed by atoms with Crippen molar-refractivity contribution in [2.24, 2.45) is 5.41 Å². The van der Waals surface area contributed by atoms with E-state index in [-0.39, 0.29) is 11.2 Å². The quantitative estimate of drug-likeness (QED) is 0.843. The second-order valence-electron chi connectivity index (χ2n) is 4.63. The number of benzene rings is 1. The van der Waals surface area contributed by atoms with Gasteiger partial charge in [0.15, 0.2) is 0 Å². The summed E-state index contributed by atoms with van der Waals surface area (Å²) in [6, 6.07) is 6.91. The lowest BCUT2D eigenvalue weighted by Crippen LogP contribution is -2.15. The minimum absolute atomic E-state index is 0.222. The Labute approximate surface area is 96.1 Å². The van der Waals surface area contributed by atoms with Crippen LogP contribution < -0.4 is 5.32 Å².